The lowest BCUT2D eigenvalue weighted by atomic mass is 10.2. The normalized spacial score (nSPS) is 12.3. The van der Waals surface area contributed by atoms with Gasteiger partial charge in [0, 0.05) is 4.47 Å². The summed E-state index contributed by atoms with van der Waals surface area (Å²) in [4.78, 5) is 20.0. The van der Waals surface area contributed by atoms with Crippen LogP contribution in [0.25, 0.3) is 11.0 Å². The summed E-state index contributed by atoms with van der Waals surface area (Å²) in [5.74, 6) is 0.618. The number of para-hydroxylation sites is 2. The van der Waals surface area contributed by atoms with Crippen molar-refractivity contribution < 1.29 is 4.79 Å². The van der Waals surface area contributed by atoms with Gasteiger partial charge >= 0.3 is 0 Å². The molecule has 3 rings (SSSR count). The molecular formula is C16H14BrN3O. The largest absolute Gasteiger partial charge is 0.342 e. The summed E-state index contributed by atoms with van der Waals surface area (Å²) in [5.41, 5.74) is 2.48. The van der Waals surface area contributed by atoms with Crippen molar-refractivity contribution in [2.24, 2.45) is 0 Å². The zero-order valence-electron chi connectivity index (χ0n) is 11.4. The van der Waals surface area contributed by atoms with Gasteiger partial charge in [-0.2, -0.15) is 0 Å². The van der Waals surface area contributed by atoms with Crippen LogP contribution in [0.3, 0.4) is 0 Å². The number of amides is 1. The maximum absolute atomic E-state index is 12.3. The molecule has 3 aromatic rings. The Kier molecular flexibility index (Phi) is 3.75. The highest BCUT2D eigenvalue weighted by atomic mass is 79.9. The maximum atomic E-state index is 12.3. The third kappa shape index (κ3) is 2.83. The molecule has 0 spiro atoms. The first kappa shape index (κ1) is 13.8. The summed E-state index contributed by atoms with van der Waals surface area (Å²) >= 11 is 3.39. The molecule has 1 heterocycles. The quantitative estimate of drug-likeness (QED) is 0.759. The van der Waals surface area contributed by atoms with Crippen LogP contribution in [0, 0.1) is 0 Å². The van der Waals surface area contributed by atoms with E-state index in [-0.39, 0.29) is 11.9 Å². The number of H-pyrrole nitrogens is 1. The van der Waals surface area contributed by atoms with Gasteiger partial charge in [0.05, 0.1) is 22.6 Å². The molecule has 0 aliphatic heterocycles. The second-order valence-corrected chi connectivity index (χ2v) is 5.67. The fraction of sp³-hybridized carbons (Fsp3) is 0.125. The van der Waals surface area contributed by atoms with Crippen LogP contribution in [-0.4, -0.2) is 15.9 Å². The first-order chi connectivity index (χ1) is 10.1. The molecule has 1 unspecified atom stereocenters. The van der Waals surface area contributed by atoms with Gasteiger partial charge in [-0.25, -0.2) is 4.98 Å². The molecule has 106 valence electrons. The highest BCUT2D eigenvalue weighted by molar-refractivity contribution is 9.10. The Morgan fingerprint density at radius 1 is 1.19 bits per heavy atom. The van der Waals surface area contributed by atoms with Crippen molar-refractivity contribution in [1.82, 2.24) is 15.3 Å². The molecule has 1 aromatic heterocycles. The highest BCUT2D eigenvalue weighted by Crippen LogP contribution is 2.19. The van der Waals surface area contributed by atoms with Gasteiger partial charge in [0.2, 0.25) is 0 Å². The number of nitrogens with one attached hydrogen (secondary N) is 2. The number of hydrogen-bond acceptors (Lipinski definition) is 2. The molecule has 4 nitrogen and oxygen atoms in total. The fourth-order valence-corrected chi connectivity index (χ4v) is 2.63. The molecule has 0 bridgehead atoms. The summed E-state index contributed by atoms with van der Waals surface area (Å²) in [6.45, 7) is 1.91. The number of carbonyl (C=O) groups is 1. The van der Waals surface area contributed by atoms with Crippen LogP contribution in [0.5, 0.6) is 0 Å². The number of halogens is 1. The van der Waals surface area contributed by atoms with Crippen LogP contribution >= 0.6 is 15.9 Å². The third-order valence-corrected chi connectivity index (χ3v) is 3.98. The van der Waals surface area contributed by atoms with Gasteiger partial charge in [0.15, 0.2) is 0 Å². The fourth-order valence-electron chi connectivity index (χ4n) is 2.17. The Bertz CT molecular complexity index is 764. The topological polar surface area (TPSA) is 57.8 Å². The van der Waals surface area contributed by atoms with Gasteiger partial charge < -0.3 is 10.3 Å². The number of aromatic nitrogens is 2. The smallest absolute Gasteiger partial charge is 0.253 e. The second-order valence-electron chi connectivity index (χ2n) is 4.81. The molecule has 0 aliphatic rings. The lowest BCUT2D eigenvalue weighted by Crippen LogP contribution is -2.27. The molecular weight excluding hydrogens is 330 g/mol. The van der Waals surface area contributed by atoms with Gasteiger partial charge in [-0.1, -0.05) is 24.3 Å². The van der Waals surface area contributed by atoms with Crippen molar-refractivity contribution in [3.8, 4) is 0 Å². The summed E-state index contributed by atoms with van der Waals surface area (Å²) in [7, 11) is 0. The van der Waals surface area contributed by atoms with Crippen LogP contribution in [0.1, 0.15) is 29.1 Å². The minimum atomic E-state index is -0.197. The van der Waals surface area contributed by atoms with Crippen LogP contribution in [0.2, 0.25) is 0 Å². The molecule has 0 saturated heterocycles. The zero-order valence-corrected chi connectivity index (χ0v) is 13.0. The van der Waals surface area contributed by atoms with Crippen LogP contribution in [-0.2, 0) is 0 Å². The van der Waals surface area contributed by atoms with Gasteiger partial charge in [-0.05, 0) is 47.1 Å². The molecule has 1 atom stereocenters. The van der Waals surface area contributed by atoms with E-state index in [1.165, 1.54) is 0 Å². The number of imidazole rings is 1. The summed E-state index contributed by atoms with van der Waals surface area (Å²) in [6.07, 6.45) is 0. The SMILES string of the molecule is CC(NC(=O)c1ccccc1Br)c1nc2ccccc2[nH]1. The van der Waals surface area contributed by atoms with E-state index in [0.717, 1.165) is 21.3 Å². The second kappa shape index (κ2) is 5.69. The van der Waals surface area contributed by atoms with Gasteiger partial charge in [-0.3, -0.25) is 4.79 Å². The van der Waals surface area contributed by atoms with Crippen molar-refractivity contribution in [2.45, 2.75) is 13.0 Å². The number of aromatic amines is 1. The predicted octanol–water partition coefficient (Wildman–Crippen LogP) is 3.82. The molecule has 0 radical (unpaired) electrons. The van der Waals surface area contributed by atoms with Crippen LogP contribution in [0.15, 0.2) is 53.0 Å². The van der Waals surface area contributed by atoms with Gasteiger partial charge in [0.1, 0.15) is 5.82 Å². The van der Waals surface area contributed by atoms with E-state index in [1.54, 1.807) is 6.07 Å². The lowest BCUT2D eigenvalue weighted by Gasteiger charge is -2.12. The first-order valence-corrected chi connectivity index (χ1v) is 7.44. The number of rotatable bonds is 3. The number of carbonyl (C=O) groups excluding carboxylic acids is 1. The number of fused-ring (bicyclic) bond motifs is 1. The Morgan fingerprint density at radius 2 is 1.90 bits per heavy atom. The maximum Gasteiger partial charge on any atom is 0.253 e. The van der Waals surface area contributed by atoms with E-state index in [0.29, 0.717) is 5.56 Å². The number of hydrogen-bond donors (Lipinski definition) is 2. The van der Waals surface area contributed by atoms with E-state index >= 15 is 0 Å². The summed E-state index contributed by atoms with van der Waals surface area (Å²) in [6, 6.07) is 15.0. The third-order valence-electron chi connectivity index (χ3n) is 3.28. The van der Waals surface area contributed by atoms with E-state index in [2.05, 4.69) is 31.2 Å². The average Bonchev–Trinajstić information content (AvgIpc) is 2.91. The monoisotopic (exact) mass is 343 g/mol. The van der Waals surface area contributed by atoms with Crippen molar-refractivity contribution in [1.29, 1.82) is 0 Å². The van der Waals surface area contributed by atoms with E-state index < -0.39 is 0 Å². The first-order valence-electron chi connectivity index (χ1n) is 6.65. The molecule has 0 aliphatic carbocycles. The van der Waals surface area contributed by atoms with E-state index in [1.807, 2.05) is 49.4 Å². The Labute approximate surface area is 130 Å². The van der Waals surface area contributed by atoms with Crippen molar-refractivity contribution >= 4 is 32.9 Å². The highest BCUT2D eigenvalue weighted by Gasteiger charge is 2.16. The minimum Gasteiger partial charge on any atom is -0.342 e. The lowest BCUT2D eigenvalue weighted by molar-refractivity contribution is 0.0937. The standard InChI is InChI=1S/C16H14BrN3O/c1-10(15-19-13-8-4-5-9-14(13)20-15)18-16(21)11-6-2-3-7-12(11)17/h2-10H,1H3,(H,18,21)(H,19,20). The minimum absolute atomic E-state index is 0.129. The van der Waals surface area contributed by atoms with E-state index in [9.17, 15) is 4.79 Å². The molecule has 0 fully saturated rings. The van der Waals surface area contributed by atoms with Crippen molar-refractivity contribution in [3.63, 3.8) is 0 Å². The summed E-state index contributed by atoms with van der Waals surface area (Å²) in [5, 5.41) is 2.95. The van der Waals surface area contributed by atoms with Gasteiger partial charge in [0.25, 0.3) is 5.91 Å². The molecule has 2 N–H and O–H groups in total. The molecule has 21 heavy (non-hydrogen) atoms. The van der Waals surface area contributed by atoms with E-state index in [4.69, 9.17) is 0 Å². The van der Waals surface area contributed by atoms with Gasteiger partial charge in [-0.15, -0.1) is 0 Å². The number of nitrogens with zero attached hydrogens (tertiary/aromatic N) is 1. The Morgan fingerprint density at radius 3 is 2.67 bits per heavy atom. The molecule has 5 heteroatoms. The van der Waals surface area contributed by atoms with Crippen molar-refractivity contribution in [3.05, 3.63) is 64.4 Å². The molecule has 0 saturated carbocycles. The Balaban J connectivity index is 1.81. The van der Waals surface area contributed by atoms with Crippen molar-refractivity contribution in [2.75, 3.05) is 0 Å². The van der Waals surface area contributed by atoms with Crippen LogP contribution in [0.4, 0.5) is 0 Å². The number of benzene rings is 2. The van der Waals surface area contributed by atoms with Crippen LogP contribution < -0.4 is 5.32 Å². The predicted molar refractivity (Wildman–Crippen MR) is 86.1 cm³/mol. The zero-order chi connectivity index (χ0) is 14.8. The summed E-state index contributed by atoms with van der Waals surface area (Å²) < 4.78 is 0.777. The Hall–Kier alpha value is -2.14. The molecule has 1 amide bonds. The average molecular weight is 344 g/mol. The molecule has 2 aromatic carbocycles.